The Kier molecular flexibility index (Phi) is 3.49. The minimum absolute atomic E-state index is 0.230. The van der Waals surface area contributed by atoms with E-state index < -0.39 is 0 Å². The fourth-order valence-electron chi connectivity index (χ4n) is 3.35. The number of aryl methyl sites for hydroxylation is 1. The molecule has 0 radical (unpaired) electrons. The second-order valence-corrected chi connectivity index (χ2v) is 5.96. The van der Waals surface area contributed by atoms with Gasteiger partial charge in [-0.3, -0.25) is 14.6 Å². The topological polar surface area (TPSA) is 79.9 Å². The molecule has 1 atom stereocenters. The average Bonchev–Trinajstić information content (AvgIpc) is 3.23. The molecule has 7 nitrogen and oxygen atoms in total. The van der Waals surface area contributed by atoms with Crippen molar-refractivity contribution in [3.63, 3.8) is 0 Å². The van der Waals surface area contributed by atoms with E-state index >= 15 is 0 Å². The fraction of sp³-hybridized carbons (Fsp3) is 0.438. The molecule has 1 fully saturated rings. The number of aromatic amines is 1. The molecule has 0 amide bonds. The van der Waals surface area contributed by atoms with Crippen LogP contribution in [-0.4, -0.2) is 37.7 Å². The van der Waals surface area contributed by atoms with Gasteiger partial charge in [0.1, 0.15) is 5.82 Å². The Morgan fingerprint density at radius 3 is 3.04 bits per heavy atom. The molecule has 0 saturated carbocycles. The van der Waals surface area contributed by atoms with Crippen molar-refractivity contribution in [2.24, 2.45) is 0 Å². The maximum absolute atomic E-state index is 12.0. The normalized spacial score (nSPS) is 18.9. The summed E-state index contributed by atoms with van der Waals surface area (Å²) in [7, 11) is 0. The van der Waals surface area contributed by atoms with Crippen LogP contribution in [0, 0.1) is 6.92 Å². The molecule has 4 rings (SSSR count). The van der Waals surface area contributed by atoms with E-state index in [0.717, 1.165) is 43.1 Å². The van der Waals surface area contributed by atoms with Crippen molar-refractivity contribution < 1.29 is 4.42 Å². The number of hydrogen-bond acceptors (Lipinski definition) is 5. The van der Waals surface area contributed by atoms with Crippen molar-refractivity contribution >= 4 is 11.1 Å². The molecule has 1 aliphatic rings. The van der Waals surface area contributed by atoms with Crippen LogP contribution in [0.1, 0.15) is 30.5 Å². The van der Waals surface area contributed by atoms with Gasteiger partial charge in [0.2, 0.25) is 0 Å². The number of hydrogen-bond donors (Lipinski definition) is 1. The summed E-state index contributed by atoms with van der Waals surface area (Å²) in [5.41, 5.74) is 1.49. The highest BCUT2D eigenvalue weighted by molar-refractivity contribution is 5.72. The molecule has 7 heteroatoms. The quantitative estimate of drug-likeness (QED) is 0.795. The van der Waals surface area contributed by atoms with Crippen LogP contribution in [0.4, 0.5) is 0 Å². The Morgan fingerprint density at radius 2 is 2.22 bits per heavy atom. The third-order valence-electron chi connectivity index (χ3n) is 4.46. The second kappa shape index (κ2) is 5.66. The summed E-state index contributed by atoms with van der Waals surface area (Å²) >= 11 is 0. The molecule has 0 bridgehead atoms. The number of oxazole rings is 1. The second-order valence-electron chi connectivity index (χ2n) is 5.96. The van der Waals surface area contributed by atoms with Crippen LogP contribution in [0.5, 0.6) is 0 Å². The zero-order valence-corrected chi connectivity index (χ0v) is 13.0. The molecule has 120 valence electrons. The predicted octanol–water partition coefficient (Wildman–Crippen LogP) is 1.86. The van der Waals surface area contributed by atoms with Crippen LogP contribution in [0.15, 0.2) is 33.5 Å². The number of H-pyrrole nitrogens is 1. The molecule has 1 aromatic carbocycles. The molecule has 3 heterocycles. The summed E-state index contributed by atoms with van der Waals surface area (Å²) in [6.07, 6.45) is 2.18. The van der Waals surface area contributed by atoms with Gasteiger partial charge in [-0.15, -0.1) is 0 Å². The lowest BCUT2D eigenvalue weighted by Crippen LogP contribution is -2.30. The molecule has 2 aromatic heterocycles. The largest absolute Gasteiger partial charge is 0.419 e. The van der Waals surface area contributed by atoms with Crippen LogP contribution >= 0.6 is 0 Å². The first-order valence-corrected chi connectivity index (χ1v) is 7.94. The van der Waals surface area contributed by atoms with Crippen LogP contribution in [0.2, 0.25) is 0 Å². The Balaban J connectivity index is 1.53. The molecule has 3 aromatic rings. The first-order valence-electron chi connectivity index (χ1n) is 7.94. The van der Waals surface area contributed by atoms with Crippen molar-refractivity contribution in [2.45, 2.75) is 32.4 Å². The van der Waals surface area contributed by atoms with E-state index in [-0.39, 0.29) is 11.8 Å². The van der Waals surface area contributed by atoms with E-state index in [2.05, 4.69) is 20.1 Å². The van der Waals surface area contributed by atoms with Crippen LogP contribution in [-0.2, 0) is 6.54 Å². The van der Waals surface area contributed by atoms with Crippen LogP contribution < -0.4 is 5.76 Å². The summed E-state index contributed by atoms with van der Waals surface area (Å²) in [5.74, 6) is 1.39. The average molecular weight is 313 g/mol. The number of fused-ring (bicyclic) bond motifs is 1. The summed E-state index contributed by atoms with van der Waals surface area (Å²) < 4.78 is 6.99. The number of likely N-dealkylation sites (tertiary alicyclic amines) is 1. The van der Waals surface area contributed by atoms with Gasteiger partial charge in [-0.05, 0) is 38.4 Å². The van der Waals surface area contributed by atoms with Crippen molar-refractivity contribution in [1.82, 2.24) is 24.6 Å². The monoisotopic (exact) mass is 313 g/mol. The van der Waals surface area contributed by atoms with Gasteiger partial charge in [0, 0.05) is 13.1 Å². The minimum atomic E-state index is -0.296. The third-order valence-corrected chi connectivity index (χ3v) is 4.46. The van der Waals surface area contributed by atoms with Crippen molar-refractivity contribution in [3.05, 3.63) is 46.5 Å². The number of aromatic nitrogens is 4. The number of nitrogens with one attached hydrogen (secondary N) is 1. The standard InChI is InChI=1S/C16H19N5O2/c1-11-17-15(19-18-11)13-6-4-8-20(13)9-10-21-12-5-2-3-7-14(12)23-16(21)22/h2-3,5,7,13H,4,6,8-10H2,1H3,(H,17,18,19). The molecule has 0 aliphatic carbocycles. The number of rotatable bonds is 4. The summed E-state index contributed by atoms with van der Waals surface area (Å²) in [5, 5.41) is 7.21. The Hall–Kier alpha value is -2.41. The number of benzene rings is 1. The van der Waals surface area contributed by atoms with Crippen LogP contribution in [0.3, 0.4) is 0 Å². The summed E-state index contributed by atoms with van der Waals surface area (Å²) in [6.45, 7) is 4.30. The van der Waals surface area contributed by atoms with Gasteiger partial charge in [-0.1, -0.05) is 12.1 Å². The van der Waals surface area contributed by atoms with E-state index in [1.165, 1.54) is 0 Å². The molecule has 1 unspecified atom stereocenters. The predicted molar refractivity (Wildman–Crippen MR) is 85.1 cm³/mol. The molecule has 1 aliphatic heterocycles. The highest BCUT2D eigenvalue weighted by Crippen LogP contribution is 2.29. The van der Waals surface area contributed by atoms with E-state index in [1.807, 2.05) is 31.2 Å². The highest BCUT2D eigenvalue weighted by atomic mass is 16.4. The maximum Gasteiger partial charge on any atom is 0.419 e. The van der Waals surface area contributed by atoms with Gasteiger partial charge in [0.25, 0.3) is 0 Å². The van der Waals surface area contributed by atoms with Gasteiger partial charge in [-0.25, -0.2) is 9.78 Å². The maximum atomic E-state index is 12.0. The lowest BCUT2D eigenvalue weighted by molar-refractivity contribution is 0.237. The van der Waals surface area contributed by atoms with Gasteiger partial charge < -0.3 is 4.42 Å². The third kappa shape index (κ3) is 2.57. The zero-order valence-electron chi connectivity index (χ0n) is 13.0. The lowest BCUT2D eigenvalue weighted by Gasteiger charge is -2.22. The van der Waals surface area contributed by atoms with E-state index in [1.54, 1.807) is 4.57 Å². The SMILES string of the molecule is Cc1nc(C2CCCN2CCn2c(=O)oc3ccccc32)n[nH]1. The van der Waals surface area contributed by atoms with Gasteiger partial charge in [-0.2, -0.15) is 5.10 Å². The summed E-state index contributed by atoms with van der Waals surface area (Å²) in [4.78, 5) is 18.9. The van der Waals surface area contributed by atoms with Gasteiger partial charge in [0.05, 0.1) is 11.6 Å². The molecule has 1 N–H and O–H groups in total. The number of para-hydroxylation sites is 2. The molecule has 0 spiro atoms. The number of nitrogens with zero attached hydrogens (tertiary/aromatic N) is 4. The highest BCUT2D eigenvalue weighted by Gasteiger charge is 2.29. The molecule has 1 saturated heterocycles. The molecular formula is C16H19N5O2. The smallest absolute Gasteiger partial charge is 0.408 e. The Labute approximate surface area is 132 Å². The molecular weight excluding hydrogens is 294 g/mol. The Bertz CT molecular complexity index is 878. The van der Waals surface area contributed by atoms with E-state index in [9.17, 15) is 4.79 Å². The van der Waals surface area contributed by atoms with Gasteiger partial charge >= 0.3 is 5.76 Å². The van der Waals surface area contributed by atoms with Crippen LogP contribution in [0.25, 0.3) is 11.1 Å². The lowest BCUT2D eigenvalue weighted by atomic mass is 10.2. The zero-order chi connectivity index (χ0) is 15.8. The van der Waals surface area contributed by atoms with E-state index in [4.69, 9.17) is 4.42 Å². The van der Waals surface area contributed by atoms with Gasteiger partial charge in [0.15, 0.2) is 11.4 Å². The summed E-state index contributed by atoms with van der Waals surface area (Å²) in [6, 6.07) is 7.76. The first kappa shape index (κ1) is 14.2. The fourth-order valence-corrected chi connectivity index (χ4v) is 3.35. The minimum Gasteiger partial charge on any atom is -0.408 e. The Morgan fingerprint density at radius 1 is 1.35 bits per heavy atom. The molecule has 23 heavy (non-hydrogen) atoms. The first-order chi connectivity index (χ1) is 11.2. The van der Waals surface area contributed by atoms with Crippen molar-refractivity contribution in [3.8, 4) is 0 Å². The van der Waals surface area contributed by atoms with E-state index in [0.29, 0.717) is 12.1 Å². The van der Waals surface area contributed by atoms with Crippen molar-refractivity contribution in [2.75, 3.05) is 13.1 Å². The van der Waals surface area contributed by atoms with Crippen molar-refractivity contribution in [1.29, 1.82) is 0 Å².